The van der Waals surface area contributed by atoms with Crippen molar-refractivity contribution in [3.63, 3.8) is 0 Å². The lowest BCUT2D eigenvalue weighted by molar-refractivity contribution is 0.670. The second kappa shape index (κ2) is 9.82. The molecule has 9 rings (SSSR count). The van der Waals surface area contributed by atoms with E-state index in [4.69, 9.17) is 9.40 Å². The number of benzene rings is 6. The van der Waals surface area contributed by atoms with Gasteiger partial charge in [0, 0.05) is 43.9 Å². The molecule has 0 aliphatic heterocycles. The van der Waals surface area contributed by atoms with Crippen molar-refractivity contribution < 1.29 is 4.42 Å². The number of hydrogen-bond acceptors (Lipinski definition) is 2. The molecule has 0 unspecified atom stereocenters. The Bertz CT molecular complexity index is 2490. The highest BCUT2D eigenvalue weighted by Gasteiger charge is 2.19. The van der Waals surface area contributed by atoms with Crippen molar-refractivity contribution in [2.75, 3.05) is 0 Å². The first-order valence-electron chi connectivity index (χ1n) is 14.9. The number of furan rings is 1. The molecule has 3 heterocycles. The Hall–Kier alpha value is -5.93. The lowest BCUT2D eigenvalue weighted by Crippen LogP contribution is -1.96. The van der Waals surface area contributed by atoms with Crippen LogP contribution >= 0.6 is 0 Å². The first-order chi connectivity index (χ1) is 21.8. The number of rotatable bonds is 4. The van der Waals surface area contributed by atoms with Crippen molar-refractivity contribution >= 4 is 43.7 Å². The topological polar surface area (TPSA) is 31.0 Å². The minimum Gasteiger partial charge on any atom is -0.455 e. The summed E-state index contributed by atoms with van der Waals surface area (Å²) in [6.07, 6.45) is 0. The molecule has 0 radical (unpaired) electrons. The van der Waals surface area contributed by atoms with Crippen LogP contribution < -0.4 is 0 Å². The zero-order chi connectivity index (χ0) is 29.0. The SMILES string of the molecule is c1ccc(-c2cc(-c3cccc4c5ccccc5n(-c5ccccc5)c34)cc(-c3cccc4c3oc3ccccc34)n2)cc1. The smallest absolute Gasteiger partial charge is 0.144 e. The maximum atomic E-state index is 6.47. The zero-order valence-electron chi connectivity index (χ0n) is 23.8. The van der Waals surface area contributed by atoms with Crippen LogP contribution in [0.4, 0.5) is 0 Å². The van der Waals surface area contributed by atoms with E-state index in [9.17, 15) is 0 Å². The molecule has 206 valence electrons. The Morgan fingerprint density at radius 3 is 1.93 bits per heavy atom. The van der Waals surface area contributed by atoms with Gasteiger partial charge in [-0.1, -0.05) is 115 Å². The summed E-state index contributed by atoms with van der Waals surface area (Å²) in [4.78, 5) is 5.26. The fourth-order valence-corrected chi connectivity index (χ4v) is 6.63. The molecule has 6 aromatic carbocycles. The van der Waals surface area contributed by atoms with Gasteiger partial charge in [0.25, 0.3) is 0 Å². The van der Waals surface area contributed by atoms with Crippen LogP contribution in [-0.4, -0.2) is 9.55 Å². The second-order valence-electron chi connectivity index (χ2n) is 11.2. The van der Waals surface area contributed by atoms with E-state index in [0.29, 0.717) is 0 Å². The largest absolute Gasteiger partial charge is 0.455 e. The highest BCUT2D eigenvalue weighted by atomic mass is 16.3. The summed E-state index contributed by atoms with van der Waals surface area (Å²) in [6.45, 7) is 0. The van der Waals surface area contributed by atoms with Crippen molar-refractivity contribution in [2.45, 2.75) is 0 Å². The average molecular weight is 563 g/mol. The summed E-state index contributed by atoms with van der Waals surface area (Å²) in [5, 5.41) is 4.66. The third-order valence-electron chi connectivity index (χ3n) is 8.60. The van der Waals surface area contributed by atoms with E-state index in [2.05, 4.69) is 144 Å². The van der Waals surface area contributed by atoms with Crippen molar-refractivity contribution in [1.29, 1.82) is 0 Å². The van der Waals surface area contributed by atoms with Gasteiger partial charge in [-0.15, -0.1) is 0 Å². The lowest BCUT2D eigenvalue weighted by atomic mass is 9.97. The molecule has 0 fully saturated rings. The molecule has 0 saturated heterocycles. The average Bonchev–Trinajstić information content (AvgIpc) is 3.65. The van der Waals surface area contributed by atoms with E-state index in [1.54, 1.807) is 0 Å². The van der Waals surface area contributed by atoms with Crippen LogP contribution in [0.5, 0.6) is 0 Å². The molecule has 0 bridgehead atoms. The van der Waals surface area contributed by atoms with E-state index in [-0.39, 0.29) is 0 Å². The normalized spacial score (nSPS) is 11.6. The minimum atomic E-state index is 0.856. The quantitative estimate of drug-likeness (QED) is 0.214. The Morgan fingerprint density at radius 1 is 0.455 bits per heavy atom. The number of para-hydroxylation sites is 5. The van der Waals surface area contributed by atoms with Gasteiger partial charge in [-0.2, -0.15) is 0 Å². The monoisotopic (exact) mass is 562 g/mol. The molecule has 0 amide bonds. The molecule has 0 saturated carbocycles. The van der Waals surface area contributed by atoms with Crippen LogP contribution in [0.3, 0.4) is 0 Å². The van der Waals surface area contributed by atoms with E-state index >= 15 is 0 Å². The van der Waals surface area contributed by atoms with Gasteiger partial charge in [0.15, 0.2) is 0 Å². The number of hydrogen-bond donors (Lipinski definition) is 0. The number of aromatic nitrogens is 2. The van der Waals surface area contributed by atoms with Crippen LogP contribution in [0.2, 0.25) is 0 Å². The third kappa shape index (κ3) is 3.80. The Morgan fingerprint density at radius 2 is 1.09 bits per heavy atom. The summed E-state index contributed by atoms with van der Waals surface area (Å²) in [7, 11) is 0. The molecular formula is C41H26N2O. The fraction of sp³-hybridized carbons (Fsp3) is 0. The van der Waals surface area contributed by atoms with Gasteiger partial charge in [0.2, 0.25) is 0 Å². The molecule has 3 aromatic heterocycles. The highest BCUT2D eigenvalue weighted by molar-refractivity contribution is 6.14. The number of pyridine rings is 1. The second-order valence-corrected chi connectivity index (χ2v) is 11.2. The molecule has 0 aliphatic rings. The van der Waals surface area contributed by atoms with Crippen LogP contribution in [0, 0.1) is 0 Å². The van der Waals surface area contributed by atoms with E-state index in [0.717, 1.165) is 61.3 Å². The van der Waals surface area contributed by atoms with E-state index < -0.39 is 0 Å². The van der Waals surface area contributed by atoms with Crippen molar-refractivity contribution in [2.24, 2.45) is 0 Å². The first-order valence-corrected chi connectivity index (χ1v) is 14.9. The first kappa shape index (κ1) is 24.6. The minimum absolute atomic E-state index is 0.856. The van der Waals surface area contributed by atoms with Crippen molar-refractivity contribution in [3.8, 4) is 39.3 Å². The Balaban J connectivity index is 1.37. The van der Waals surface area contributed by atoms with Crippen LogP contribution in [0.15, 0.2) is 162 Å². The predicted molar refractivity (Wildman–Crippen MR) is 182 cm³/mol. The summed E-state index contributed by atoms with van der Waals surface area (Å²) in [5.74, 6) is 0. The van der Waals surface area contributed by atoms with E-state index in [1.165, 1.54) is 21.8 Å². The zero-order valence-corrected chi connectivity index (χ0v) is 23.8. The number of fused-ring (bicyclic) bond motifs is 6. The molecule has 44 heavy (non-hydrogen) atoms. The predicted octanol–water partition coefficient (Wildman–Crippen LogP) is 11.1. The van der Waals surface area contributed by atoms with E-state index in [1.807, 2.05) is 18.2 Å². The summed E-state index contributed by atoms with van der Waals surface area (Å²) in [5.41, 5.74) is 11.3. The molecule has 0 N–H and O–H groups in total. The number of nitrogens with zero attached hydrogens (tertiary/aromatic N) is 2. The molecule has 3 heteroatoms. The fourth-order valence-electron chi connectivity index (χ4n) is 6.63. The summed E-state index contributed by atoms with van der Waals surface area (Å²) >= 11 is 0. The van der Waals surface area contributed by atoms with Crippen molar-refractivity contribution in [1.82, 2.24) is 9.55 Å². The van der Waals surface area contributed by atoms with Gasteiger partial charge in [0.05, 0.1) is 22.4 Å². The standard InChI is InChI=1S/C41H26N2O/c1-3-13-27(14-4-1)36-25-28(26-37(42-36)35-22-12-21-34-32-18-8-10-24-39(32)44-41(34)35)30-19-11-20-33-31-17-7-9-23-38(31)43(40(30)33)29-15-5-2-6-16-29/h1-26H. The molecule has 9 aromatic rings. The van der Waals surface area contributed by atoms with Crippen LogP contribution in [-0.2, 0) is 0 Å². The third-order valence-corrected chi connectivity index (χ3v) is 8.60. The maximum absolute atomic E-state index is 6.47. The van der Waals surface area contributed by atoms with Gasteiger partial charge in [-0.25, -0.2) is 4.98 Å². The van der Waals surface area contributed by atoms with Gasteiger partial charge in [-0.05, 0) is 48.0 Å². The van der Waals surface area contributed by atoms with Gasteiger partial charge < -0.3 is 8.98 Å². The molecule has 0 atom stereocenters. The van der Waals surface area contributed by atoms with Gasteiger partial charge in [-0.3, -0.25) is 0 Å². The summed E-state index contributed by atoms with van der Waals surface area (Å²) in [6, 6.07) is 55.4. The maximum Gasteiger partial charge on any atom is 0.144 e. The highest BCUT2D eigenvalue weighted by Crippen LogP contribution is 2.41. The Labute approximate surface area is 254 Å². The molecular weight excluding hydrogens is 536 g/mol. The summed E-state index contributed by atoms with van der Waals surface area (Å²) < 4.78 is 8.86. The lowest BCUT2D eigenvalue weighted by Gasteiger charge is -2.14. The van der Waals surface area contributed by atoms with Gasteiger partial charge in [0.1, 0.15) is 11.2 Å². The van der Waals surface area contributed by atoms with Crippen LogP contribution in [0.1, 0.15) is 0 Å². The molecule has 3 nitrogen and oxygen atoms in total. The van der Waals surface area contributed by atoms with Crippen LogP contribution in [0.25, 0.3) is 83.1 Å². The Kier molecular flexibility index (Phi) is 5.50. The van der Waals surface area contributed by atoms with Gasteiger partial charge >= 0.3 is 0 Å². The molecule has 0 aliphatic carbocycles. The van der Waals surface area contributed by atoms with Crippen molar-refractivity contribution in [3.05, 3.63) is 158 Å². The molecule has 0 spiro atoms.